The second-order valence-electron chi connectivity index (χ2n) is 4.98. The van der Waals surface area contributed by atoms with Crippen LogP contribution in [0.15, 0.2) is 40.0 Å². The molecule has 0 spiro atoms. The largest absolute Gasteiger partial charge is 0.347 e. The van der Waals surface area contributed by atoms with E-state index >= 15 is 0 Å². The van der Waals surface area contributed by atoms with Crippen LogP contribution in [0.4, 0.5) is 0 Å². The van der Waals surface area contributed by atoms with Crippen LogP contribution in [0.3, 0.4) is 0 Å². The molecule has 0 radical (unpaired) electrons. The number of benzene rings is 1. The zero-order valence-electron chi connectivity index (χ0n) is 11.1. The number of hydrogen-bond acceptors (Lipinski definition) is 3. The lowest BCUT2D eigenvalue weighted by Crippen LogP contribution is -2.29. The molecule has 1 aromatic carbocycles. The monoisotopic (exact) mass is 272 g/mol. The van der Waals surface area contributed by atoms with E-state index in [1.54, 1.807) is 4.57 Å². The van der Waals surface area contributed by atoms with Crippen molar-refractivity contribution >= 4 is 11.8 Å². The molecule has 2 aromatic rings. The fourth-order valence-corrected chi connectivity index (χ4v) is 3.86. The van der Waals surface area contributed by atoms with Crippen LogP contribution in [-0.2, 0) is 13.0 Å². The summed E-state index contributed by atoms with van der Waals surface area (Å²) in [6.45, 7) is 4.57. The van der Waals surface area contributed by atoms with Crippen molar-refractivity contribution in [2.75, 3.05) is 0 Å². The number of aromatic nitrogens is 2. The van der Waals surface area contributed by atoms with Crippen molar-refractivity contribution in [3.05, 3.63) is 57.8 Å². The maximum Gasteiger partial charge on any atom is 0.347 e. The highest BCUT2D eigenvalue weighted by Crippen LogP contribution is 2.37. The smallest absolute Gasteiger partial charge is 0.295 e. The molecule has 0 amide bonds. The maximum atomic E-state index is 12.0. The first-order valence-corrected chi connectivity index (χ1v) is 7.31. The minimum Gasteiger partial charge on any atom is -0.295 e. The molecule has 3 rings (SSSR count). The Labute approximate surface area is 116 Å². The number of rotatable bonds is 2. The number of thioether (sulfide) groups is 1. The molecule has 4 heteroatoms. The summed E-state index contributed by atoms with van der Waals surface area (Å²) in [5, 5.41) is 0.429. The van der Waals surface area contributed by atoms with Crippen molar-refractivity contribution in [3.8, 4) is 0 Å². The summed E-state index contributed by atoms with van der Waals surface area (Å²) < 4.78 is 1.79. The van der Waals surface area contributed by atoms with Crippen LogP contribution in [-0.4, -0.2) is 14.8 Å². The fraction of sp³-hybridized carbons (Fsp3) is 0.333. The first-order valence-electron chi connectivity index (χ1n) is 6.43. The van der Waals surface area contributed by atoms with Gasteiger partial charge < -0.3 is 0 Å². The Bertz CT molecular complexity index is 653. The van der Waals surface area contributed by atoms with Crippen molar-refractivity contribution in [3.63, 3.8) is 0 Å². The molecule has 0 bridgehead atoms. The van der Waals surface area contributed by atoms with Crippen LogP contribution in [0.1, 0.15) is 17.0 Å². The van der Waals surface area contributed by atoms with E-state index in [9.17, 15) is 4.79 Å². The molecule has 0 saturated carbocycles. The third-order valence-corrected chi connectivity index (χ3v) is 4.75. The Hall–Kier alpha value is -1.55. The standard InChI is InChI=1S/C15H16N2OS/c1-10-7-11(2)17(15(18)16-10)9-13-8-12-5-3-4-6-14(12)19-13/h3-7,13H,8-9H2,1-2H3. The Morgan fingerprint density at radius 3 is 2.89 bits per heavy atom. The van der Waals surface area contributed by atoms with Crippen molar-refractivity contribution < 1.29 is 0 Å². The van der Waals surface area contributed by atoms with Gasteiger partial charge in [0.15, 0.2) is 0 Å². The van der Waals surface area contributed by atoms with Gasteiger partial charge in [-0.3, -0.25) is 4.57 Å². The SMILES string of the molecule is Cc1cc(C)n(CC2Cc3ccccc3S2)c(=O)n1. The van der Waals surface area contributed by atoms with Gasteiger partial charge in [-0.1, -0.05) is 18.2 Å². The highest BCUT2D eigenvalue weighted by Gasteiger charge is 2.22. The highest BCUT2D eigenvalue weighted by atomic mass is 32.2. The minimum atomic E-state index is -0.131. The summed E-state index contributed by atoms with van der Waals surface area (Å²) in [4.78, 5) is 17.3. The molecule has 2 heterocycles. The van der Waals surface area contributed by atoms with Crippen LogP contribution in [0.25, 0.3) is 0 Å². The number of aryl methyl sites for hydroxylation is 2. The molecule has 0 fully saturated rings. The van der Waals surface area contributed by atoms with E-state index in [-0.39, 0.29) is 5.69 Å². The van der Waals surface area contributed by atoms with Gasteiger partial charge >= 0.3 is 5.69 Å². The van der Waals surface area contributed by atoms with Gasteiger partial charge in [-0.15, -0.1) is 11.8 Å². The van der Waals surface area contributed by atoms with Crippen molar-refractivity contribution in [1.82, 2.24) is 9.55 Å². The summed E-state index contributed by atoms with van der Waals surface area (Å²) in [6.07, 6.45) is 1.03. The summed E-state index contributed by atoms with van der Waals surface area (Å²) in [7, 11) is 0. The van der Waals surface area contributed by atoms with Gasteiger partial charge in [-0.2, -0.15) is 4.98 Å². The Morgan fingerprint density at radius 2 is 2.16 bits per heavy atom. The van der Waals surface area contributed by atoms with Gasteiger partial charge in [0.1, 0.15) is 0 Å². The number of hydrogen-bond donors (Lipinski definition) is 0. The summed E-state index contributed by atoms with van der Waals surface area (Å²) in [6, 6.07) is 10.4. The van der Waals surface area contributed by atoms with Gasteiger partial charge in [0.25, 0.3) is 0 Å². The molecule has 1 aliphatic heterocycles. The molecule has 1 atom stereocenters. The van der Waals surface area contributed by atoms with Crippen molar-refractivity contribution in [2.45, 2.75) is 37.0 Å². The maximum absolute atomic E-state index is 12.0. The van der Waals surface area contributed by atoms with Gasteiger partial charge in [0, 0.05) is 28.1 Å². The highest BCUT2D eigenvalue weighted by molar-refractivity contribution is 8.00. The molecule has 0 saturated heterocycles. The molecule has 1 unspecified atom stereocenters. The molecule has 98 valence electrons. The minimum absolute atomic E-state index is 0.131. The average molecular weight is 272 g/mol. The summed E-state index contributed by atoms with van der Waals surface area (Å²) >= 11 is 1.87. The summed E-state index contributed by atoms with van der Waals surface area (Å²) in [5.41, 5.74) is 3.05. The normalized spacial score (nSPS) is 17.5. The molecular weight excluding hydrogens is 256 g/mol. The lowest BCUT2D eigenvalue weighted by Gasteiger charge is -2.13. The van der Waals surface area contributed by atoms with Crippen molar-refractivity contribution in [1.29, 1.82) is 0 Å². The van der Waals surface area contributed by atoms with E-state index in [1.807, 2.05) is 31.7 Å². The molecule has 3 nitrogen and oxygen atoms in total. The van der Waals surface area contributed by atoms with Crippen molar-refractivity contribution in [2.24, 2.45) is 0 Å². The molecule has 0 aliphatic carbocycles. The topological polar surface area (TPSA) is 34.9 Å². The third-order valence-electron chi connectivity index (χ3n) is 3.45. The molecule has 0 N–H and O–H groups in total. The second-order valence-corrected chi connectivity index (χ2v) is 6.33. The number of nitrogens with zero attached hydrogens (tertiary/aromatic N) is 2. The first-order chi connectivity index (χ1) is 9.13. The molecule has 19 heavy (non-hydrogen) atoms. The van der Waals surface area contributed by atoms with E-state index < -0.39 is 0 Å². The number of fused-ring (bicyclic) bond motifs is 1. The van der Waals surface area contributed by atoms with Crippen LogP contribution in [0, 0.1) is 13.8 Å². The quantitative estimate of drug-likeness (QED) is 0.843. The van der Waals surface area contributed by atoms with Crippen LogP contribution in [0.5, 0.6) is 0 Å². The predicted octanol–water partition coefficient (Wildman–Crippen LogP) is 2.58. The van der Waals surface area contributed by atoms with E-state index in [1.165, 1.54) is 10.5 Å². The lowest BCUT2D eigenvalue weighted by atomic mass is 10.1. The molecule has 1 aliphatic rings. The lowest BCUT2D eigenvalue weighted by molar-refractivity contribution is 0.605. The van der Waals surface area contributed by atoms with Crippen LogP contribution >= 0.6 is 11.8 Å². The fourth-order valence-electron chi connectivity index (χ4n) is 2.56. The van der Waals surface area contributed by atoms with E-state index in [4.69, 9.17) is 0 Å². The zero-order valence-corrected chi connectivity index (χ0v) is 11.9. The second kappa shape index (κ2) is 4.85. The Kier molecular flexibility index (Phi) is 3.19. The zero-order chi connectivity index (χ0) is 13.4. The third kappa shape index (κ3) is 2.45. The van der Waals surface area contributed by atoms with E-state index in [0.29, 0.717) is 5.25 Å². The Balaban J connectivity index is 1.84. The van der Waals surface area contributed by atoms with Gasteiger partial charge in [-0.25, -0.2) is 4.79 Å². The first kappa shape index (κ1) is 12.5. The van der Waals surface area contributed by atoms with Gasteiger partial charge in [-0.05, 0) is 38.0 Å². The van der Waals surface area contributed by atoms with E-state index in [2.05, 4.69) is 29.2 Å². The predicted molar refractivity (Wildman–Crippen MR) is 77.8 cm³/mol. The molecular formula is C15H16N2OS. The summed E-state index contributed by atoms with van der Waals surface area (Å²) in [5.74, 6) is 0. The van der Waals surface area contributed by atoms with E-state index in [0.717, 1.165) is 24.4 Å². The van der Waals surface area contributed by atoms with Crippen LogP contribution in [0.2, 0.25) is 0 Å². The average Bonchev–Trinajstić information content (AvgIpc) is 2.76. The molecule has 1 aromatic heterocycles. The van der Waals surface area contributed by atoms with Crippen LogP contribution < -0.4 is 5.69 Å². The van der Waals surface area contributed by atoms with Gasteiger partial charge in [0.05, 0.1) is 0 Å². The Morgan fingerprint density at radius 1 is 1.37 bits per heavy atom. The van der Waals surface area contributed by atoms with Gasteiger partial charge in [0.2, 0.25) is 0 Å².